The van der Waals surface area contributed by atoms with E-state index in [2.05, 4.69) is 10.3 Å². The van der Waals surface area contributed by atoms with Crippen molar-refractivity contribution in [3.05, 3.63) is 29.8 Å². The molecule has 2 N–H and O–H groups in total. The molecular formula is C13H17FN2O3. The molecule has 0 aromatic carbocycles. The number of hydrogen-bond acceptors (Lipinski definition) is 3. The van der Waals surface area contributed by atoms with Crippen molar-refractivity contribution in [3.63, 3.8) is 0 Å². The van der Waals surface area contributed by atoms with Gasteiger partial charge in [0.25, 0.3) is 5.91 Å². The van der Waals surface area contributed by atoms with Gasteiger partial charge in [0.05, 0.1) is 0 Å². The van der Waals surface area contributed by atoms with Gasteiger partial charge in [-0.15, -0.1) is 0 Å². The Bertz CT molecular complexity index is 451. The molecule has 0 spiro atoms. The van der Waals surface area contributed by atoms with E-state index >= 15 is 0 Å². The fourth-order valence-corrected chi connectivity index (χ4v) is 1.57. The molecule has 0 radical (unpaired) electrons. The Labute approximate surface area is 110 Å². The molecule has 1 amide bonds. The molecule has 1 rings (SSSR count). The number of aliphatic carboxylic acids is 1. The van der Waals surface area contributed by atoms with Crippen LogP contribution in [0.1, 0.15) is 36.7 Å². The molecule has 104 valence electrons. The molecule has 0 aliphatic rings. The molecule has 1 aromatic rings. The summed E-state index contributed by atoms with van der Waals surface area (Å²) in [5.74, 6) is -1.73. The van der Waals surface area contributed by atoms with E-state index in [-0.39, 0.29) is 18.0 Å². The molecule has 1 heterocycles. The predicted molar refractivity (Wildman–Crippen MR) is 67.2 cm³/mol. The molecule has 0 aliphatic carbocycles. The number of hydrogen-bond donors (Lipinski definition) is 2. The lowest BCUT2D eigenvalue weighted by Crippen LogP contribution is -2.26. The predicted octanol–water partition coefficient (Wildman–Crippen LogP) is 1.84. The molecule has 0 bridgehead atoms. The van der Waals surface area contributed by atoms with E-state index in [0.29, 0.717) is 19.4 Å². The number of carbonyl (C=O) groups excluding carboxylic acids is 1. The van der Waals surface area contributed by atoms with Crippen LogP contribution in [0.5, 0.6) is 0 Å². The molecule has 0 saturated carbocycles. The number of carbonyl (C=O) groups is 2. The third-order valence-corrected chi connectivity index (χ3v) is 2.72. The standard InChI is InChI=1S/C13H17FN2O3/c1-9(5-6-12(17)18)7-8-15-13(19)10-3-2-4-11(14)16-10/h2-4,9H,5-8H2,1H3,(H,15,19)(H,17,18). The van der Waals surface area contributed by atoms with Crippen LogP contribution in [0.3, 0.4) is 0 Å². The van der Waals surface area contributed by atoms with E-state index < -0.39 is 17.8 Å². The summed E-state index contributed by atoms with van der Waals surface area (Å²) in [6, 6.07) is 4.03. The number of aromatic nitrogens is 1. The number of rotatable bonds is 7. The van der Waals surface area contributed by atoms with E-state index in [1.807, 2.05) is 6.92 Å². The van der Waals surface area contributed by atoms with Crippen LogP contribution in [0.2, 0.25) is 0 Å². The average molecular weight is 268 g/mol. The minimum Gasteiger partial charge on any atom is -0.481 e. The van der Waals surface area contributed by atoms with Gasteiger partial charge in [-0.3, -0.25) is 9.59 Å². The quantitative estimate of drug-likeness (QED) is 0.739. The molecule has 19 heavy (non-hydrogen) atoms. The van der Waals surface area contributed by atoms with E-state index in [1.165, 1.54) is 18.2 Å². The third kappa shape index (κ3) is 5.94. The topological polar surface area (TPSA) is 79.3 Å². The first-order valence-electron chi connectivity index (χ1n) is 6.11. The molecule has 1 aromatic heterocycles. The van der Waals surface area contributed by atoms with Gasteiger partial charge >= 0.3 is 5.97 Å². The number of carboxylic acid groups (broad SMARTS) is 1. The zero-order valence-corrected chi connectivity index (χ0v) is 10.7. The monoisotopic (exact) mass is 268 g/mol. The van der Waals surface area contributed by atoms with E-state index in [0.717, 1.165) is 0 Å². The molecule has 0 fully saturated rings. The second-order valence-electron chi connectivity index (χ2n) is 4.43. The normalized spacial score (nSPS) is 11.9. The summed E-state index contributed by atoms with van der Waals surface area (Å²) >= 11 is 0. The fourth-order valence-electron chi connectivity index (χ4n) is 1.57. The highest BCUT2D eigenvalue weighted by Gasteiger charge is 2.09. The Balaban J connectivity index is 2.29. The van der Waals surface area contributed by atoms with Crippen LogP contribution < -0.4 is 5.32 Å². The van der Waals surface area contributed by atoms with Crippen LogP contribution in [-0.4, -0.2) is 28.5 Å². The van der Waals surface area contributed by atoms with Crippen molar-refractivity contribution in [2.24, 2.45) is 5.92 Å². The summed E-state index contributed by atoms with van der Waals surface area (Å²) in [6.07, 6.45) is 1.37. The smallest absolute Gasteiger partial charge is 0.303 e. The highest BCUT2D eigenvalue weighted by molar-refractivity contribution is 5.92. The highest BCUT2D eigenvalue weighted by Crippen LogP contribution is 2.09. The maximum Gasteiger partial charge on any atom is 0.303 e. The SMILES string of the molecule is CC(CCNC(=O)c1cccc(F)n1)CCC(=O)O. The molecular weight excluding hydrogens is 251 g/mol. The van der Waals surface area contributed by atoms with Crippen LogP contribution in [0, 0.1) is 11.9 Å². The van der Waals surface area contributed by atoms with Gasteiger partial charge < -0.3 is 10.4 Å². The van der Waals surface area contributed by atoms with E-state index in [4.69, 9.17) is 5.11 Å². The lowest BCUT2D eigenvalue weighted by molar-refractivity contribution is -0.137. The highest BCUT2D eigenvalue weighted by atomic mass is 19.1. The van der Waals surface area contributed by atoms with E-state index in [1.54, 1.807) is 0 Å². The summed E-state index contributed by atoms with van der Waals surface area (Å²) in [5.41, 5.74) is 0.0400. The molecule has 0 aliphatic heterocycles. The Hall–Kier alpha value is -1.98. The Morgan fingerprint density at radius 3 is 2.79 bits per heavy atom. The number of pyridine rings is 1. The second kappa shape index (κ2) is 7.45. The van der Waals surface area contributed by atoms with E-state index in [9.17, 15) is 14.0 Å². The number of halogens is 1. The summed E-state index contributed by atoms with van der Waals surface area (Å²) in [4.78, 5) is 25.5. The summed E-state index contributed by atoms with van der Waals surface area (Å²) in [5, 5.41) is 11.2. The van der Waals surface area contributed by atoms with Gasteiger partial charge in [-0.2, -0.15) is 4.39 Å². The number of nitrogens with zero attached hydrogens (tertiary/aromatic N) is 1. The zero-order chi connectivity index (χ0) is 14.3. The minimum atomic E-state index is -0.820. The molecule has 1 atom stereocenters. The maximum absolute atomic E-state index is 12.8. The van der Waals surface area contributed by atoms with Gasteiger partial charge in [0, 0.05) is 13.0 Å². The zero-order valence-electron chi connectivity index (χ0n) is 10.7. The van der Waals surface area contributed by atoms with Gasteiger partial charge in [0.15, 0.2) is 0 Å². The summed E-state index contributed by atoms with van der Waals surface area (Å²) in [6.45, 7) is 2.34. The van der Waals surface area contributed by atoms with Gasteiger partial charge in [0.2, 0.25) is 5.95 Å². The van der Waals surface area contributed by atoms with Crippen LogP contribution >= 0.6 is 0 Å². The third-order valence-electron chi connectivity index (χ3n) is 2.72. The van der Waals surface area contributed by atoms with Crippen molar-refractivity contribution in [1.29, 1.82) is 0 Å². The van der Waals surface area contributed by atoms with Crippen LogP contribution in [0.15, 0.2) is 18.2 Å². The molecule has 6 heteroatoms. The average Bonchev–Trinajstić information content (AvgIpc) is 2.36. The lowest BCUT2D eigenvalue weighted by Gasteiger charge is -2.10. The van der Waals surface area contributed by atoms with Crippen molar-refractivity contribution in [3.8, 4) is 0 Å². The fraction of sp³-hybridized carbons (Fsp3) is 0.462. The molecule has 5 nitrogen and oxygen atoms in total. The number of amides is 1. The second-order valence-corrected chi connectivity index (χ2v) is 4.43. The molecule has 1 unspecified atom stereocenters. The summed E-state index contributed by atoms with van der Waals surface area (Å²) in [7, 11) is 0. The lowest BCUT2D eigenvalue weighted by atomic mass is 10.0. The first-order valence-corrected chi connectivity index (χ1v) is 6.11. The largest absolute Gasteiger partial charge is 0.481 e. The number of nitrogens with one attached hydrogen (secondary N) is 1. The van der Waals surface area contributed by atoms with Crippen molar-refractivity contribution in [2.75, 3.05) is 6.54 Å². The van der Waals surface area contributed by atoms with Gasteiger partial charge in [-0.25, -0.2) is 4.98 Å². The summed E-state index contributed by atoms with van der Waals surface area (Å²) < 4.78 is 12.8. The number of carboxylic acids is 1. The first-order chi connectivity index (χ1) is 8.99. The van der Waals surface area contributed by atoms with Crippen molar-refractivity contribution in [2.45, 2.75) is 26.2 Å². The maximum atomic E-state index is 12.8. The Morgan fingerprint density at radius 2 is 2.16 bits per heavy atom. The van der Waals surface area contributed by atoms with Gasteiger partial charge in [-0.1, -0.05) is 13.0 Å². The first kappa shape index (κ1) is 15.1. The molecule has 0 saturated heterocycles. The minimum absolute atomic E-state index is 0.0400. The van der Waals surface area contributed by atoms with Crippen molar-refractivity contribution >= 4 is 11.9 Å². The Kier molecular flexibility index (Phi) is 5.92. The van der Waals surface area contributed by atoms with Crippen LogP contribution in [0.25, 0.3) is 0 Å². The van der Waals surface area contributed by atoms with Gasteiger partial charge in [-0.05, 0) is 30.9 Å². The van der Waals surface area contributed by atoms with Crippen LogP contribution in [0.4, 0.5) is 4.39 Å². The van der Waals surface area contributed by atoms with Crippen molar-refractivity contribution < 1.29 is 19.1 Å². The Morgan fingerprint density at radius 1 is 1.42 bits per heavy atom. The van der Waals surface area contributed by atoms with Crippen molar-refractivity contribution in [1.82, 2.24) is 10.3 Å². The van der Waals surface area contributed by atoms with Crippen LogP contribution in [-0.2, 0) is 4.79 Å². The van der Waals surface area contributed by atoms with Gasteiger partial charge in [0.1, 0.15) is 5.69 Å².